The van der Waals surface area contributed by atoms with Crippen LogP contribution in [0.25, 0.3) is 16.6 Å². The number of rotatable bonds is 5. The Morgan fingerprint density at radius 2 is 1.72 bits per heavy atom. The van der Waals surface area contributed by atoms with Crippen LogP contribution in [-0.4, -0.2) is 32.6 Å². The van der Waals surface area contributed by atoms with Crippen LogP contribution in [0.3, 0.4) is 0 Å². The molecule has 0 radical (unpaired) electrons. The van der Waals surface area contributed by atoms with E-state index < -0.39 is 23.4 Å². The van der Waals surface area contributed by atoms with Gasteiger partial charge in [-0.3, -0.25) is 9.59 Å². The molecule has 3 aromatic carbocycles. The quantitative estimate of drug-likeness (QED) is 0.334. The van der Waals surface area contributed by atoms with E-state index in [-0.39, 0.29) is 17.5 Å². The summed E-state index contributed by atoms with van der Waals surface area (Å²) in [5.41, 5.74) is 2.18. The molecule has 0 aliphatic carbocycles. The molecule has 1 saturated heterocycles. The van der Waals surface area contributed by atoms with Crippen molar-refractivity contribution < 1.29 is 18.4 Å². The smallest absolute Gasteiger partial charge is 0.289 e. The highest BCUT2D eigenvalue weighted by Gasteiger charge is 2.55. The summed E-state index contributed by atoms with van der Waals surface area (Å²) < 4.78 is 20.6. The Labute approximate surface area is 224 Å². The van der Waals surface area contributed by atoms with Crippen LogP contribution < -0.4 is 10.2 Å². The fraction of sp³-hybridized carbons (Fsp3) is 0.200. The number of hydrogen-bond acceptors (Lipinski definition) is 5. The first-order valence-corrected chi connectivity index (χ1v) is 12.6. The van der Waals surface area contributed by atoms with E-state index in [0.29, 0.717) is 11.6 Å². The number of amides is 2. The minimum atomic E-state index is -0.932. The monoisotopic (exact) mass is 523 g/mol. The highest BCUT2D eigenvalue weighted by Crippen LogP contribution is 2.47. The third kappa shape index (κ3) is 4.16. The Hall–Kier alpha value is -4.79. The van der Waals surface area contributed by atoms with E-state index in [2.05, 4.69) is 15.4 Å². The topological polar surface area (TPSA) is 93.3 Å². The van der Waals surface area contributed by atoms with Crippen molar-refractivity contribution in [3.8, 4) is 5.69 Å². The van der Waals surface area contributed by atoms with E-state index >= 15 is 0 Å². The van der Waals surface area contributed by atoms with Gasteiger partial charge in [-0.05, 0) is 61.9 Å². The molecule has 2 aromatic heterocycles. The molecule has 1 N–H and O–H groups in total. The normalized spacial score (nSPS) is 18.6. The third-order valence-electron chi connectivity index (χ3n) is 7.32. The van der Waals surface area contributed by atoms with E-state index in [1.807, 2.05) is 62.4 Å². The molecule has 0 saturated carbocycles. The van der Waals surface area contributed by atoms with Crippen molar-refractivity contribution in [2.24, 2.45) is 5.41 Å². The van der Waals surface area contributed by atoms with Gasteiger partial charge in [0.25, 0.3) is 5.91 Å². The lowest BCUT2D eigenvalue weighted by molar-refractivity contribution is -0.124. The van der Waals surface area contributed by atoms with Gasteiger partial charge in [-0.25, -0.2) is 14.1 Å². The molecule has 196 valence electrons. The van der Waals surface area contributed by atoms with E-state index in [9.17, 15) is 14.0 Å². The minimum Gasteiger partial charge on any atom is -0.436 e. The Balaban J connectivity index is 1.42. The first-order chi connectivity index (χ1) is 18.7. The summed E-state index contributed by atoms with van der Waals surface area (Å²) in [6.45, 7) is 5.35. The highest BCUT2D eigenvalue weighted by molar-refractivity contribution is 6.04. The number of fused-ring (bicyclic) bond motifs is 1. The summed E-state index contributed by atoms with van der Waals surface area (Å²) >= 11 is 0. The standard InChI is InChI=1S/C30H26FN5O3/c1-18-32-17-25(39-18)28(37)34-27-26(19-7-5-4-6-8-19)35(29(38)30(27,2)3)23-13-14-24-20(15-23)16-33-36(24)22-11-9-21(31)10-12-22/h4-17,26-27H,1-3H3,(H,34,37)/t26-,27-/m1/s1. The maximum absolute atomic E-state index is 14.0. The number of aromatic nitrogens is 3. The van der Waals surface area contributed by atoms with Crippen LogP contribution in [0.1, 0.15) is 41.9 Å². The van der Waals surface area contributed by atoms with Gasteiger partial charge in [0.2, 0.25) is 11.7 Å². The second kappa shape index (κ2) is 9.20. The van der Waals surface area contributed by atoms with Gasteiger partial charge in [0, 0.05) is 18.0 Å². The summed E-state index contributed by atoms with van der Waals surface area (Å²) in [6, 6.07) is 20.4. The Bertz CT molecular complexity index is 1690. The number of carbonyl (C=O) groups excluding carboxylic acids is 2. The summed E-state index contributed by atoms with van der Waals surface area (Å²) in [4.78, 5) is 33.0. The maximum atomic E-state index is 14.0. The fourth-order valence-electron chi connectivity index (χ4n) is 5.28. The number of hydrogen-bond donors (Lipinski definition) is 1. The summed E-state index contributed by atoms with van der Waals surface area (Å²) in [5, 5.41) is 8.38. The Morgan fingerprint density at radius 1 is 1.00 bits per heavy atom. The molecular formula is C30H26FN5O3. The molecular weight excluding hydrogens is 497 g/mol. The molecule has 8 nitrogen and oxygen atoms in total. The molecule has 2 atom stereocenters. The van der Waals surface area contributed by atoms with Crippen LogP contribution in [0.4, 0.5) is 10.1 Å². The average Bonchev–Trinajstić information content (AvgIpc) is 3.61. The molecule has 0 bridgehead atoms. The molecule has 1 aliphatic rings. The second-order valence-corrected chi connectivity index (χ2v) is 10.2. The zero-order valence-electron chi connectivity index (χ0n) is 21.6. The zero-order valence-corrected chi connectivity index (χ0v) is 21.6. The van der Waals surface area contributed by atoms with Gasteiger partial charge < -0.3 is 14.6 Å². The molecule has 6 rings (SSSR count). The fourth-order valence-corrected chi connectivity index (χ4v) is 5.28. The van der Waals surface area contributed by atoms with Gasteiger partial charge in [0.15, 0.2) is 5.89 Å². The van der Waals surface area contributed by atoms with Crippen molar-refractivity contribution in [1.82, 2.24) is 20.1 Å². The number of aryl methyl sites for hydroxylation is 1. The van der Waals surface area contributed by atoms with Crippen molar-refractivity contribution >= 4 is 28.4 Å². The van der Waals surface area contributed by atoms with Gasteiger partial charge in [0.1, 0.15) is 5.82 Å². The van der Waals surface area contributed by atoms with E-state index in [0.717, 1.165) is 22.2 Å². The first-order valence-electron chi connectivity index (χ1n) is 12.6. The van der Waals surface area contributed by atoms with Crippen LogP contribution in [-0.2, 0) is 4.79 Å². The maximum Gasteiger partial charge on any atom is 0.289 e. The highest BCUT2D eigenvalue weighted by atomic mass is 19.1. The molecule has 9 heteroatoms. The largest absolute Gasteiger partial charge is 0.436 e. The van der Waals surface area contributed by atoms with Crippen LogP contribution >= 0.6 is 0 Å². The Morgan fingerprint density at radius 3 is 2.41 bits per heavy atom. The SMILES string of the molecule is Cc1ncc(C(=O)N[C@@H]2[C@@H](c3ccccc3)N(c3ccc4c(cnn4-c4ccc(F)cc4)c3)C(=O)C2(C)C)o1. The minimum absolute atomic E-state index is 0.0932. The van der Waals surface area contributed by atoms with Crippen LogP contribution in [0.5, 0.6) is 0 Å². The van der Waals surface area contributed by atoms with E-state index in [1.165, 1.54) is 18.3 Å². The predicted molar refractivity (Wildman–Crippen MR) is 144 cm³/mol. The van der Waals surface area contributed by atoms with Gasteiger partial charge in [-0.15, -0.1) is 0 Å². The predicted octanol–water partition coefficient (Wildman–Crippen LogP) is 5.37. The number of nitrogens with one attached hydrogen (secondary N) is 1. The van der Waals surface area contributed by atoms with Gasteiger partial charge >= 0.3 is 0 Å². The molecule has 5 aromatic rings. The van der Waals surface area contributed by atoms with Crippen molar-refractivity contribution in [2.45, 2.75) is 32.9 Å². The second-order valence-electron chi connectivity index (χ2n) is 10.2. The molecule has 0 unspecified atom stereocenters. The van der Waals surface area contributed by atoms with Crippen molar-refractivity contribution in [3.63, 3.8) is 0 Å². The number of oxazole rings is 1. The summed E-state index contributed by atoms with van der Waals surface area (Å²) in [6.07, 6.45) is 3.10. The number of halogens is 1. The van der Waals surface area contributed by atoms with Crippen molar-refractivity contribution in [3.05, 3.63) is 108 Å². The van der Waals surface area contributed by atoms with Gasteiger partial charge in [0.05, 0.1) is 41.1 Å². The van der Waals surface area contributed by atoms with Crippen molar-refractivity contribution in [1.29, 1.82) is 0 Å². The molecule has 1 fully saturated rings. The molecule has 3 heterocycles. The zero-order chi connectivity index (χ0) is 27.3. The van der Waals surface area contributed by atoms with E-state index in [4.69, 9.17) is 4.42 Å². The molecule has 2 amide bonds. The average molecular weight is 524 g/mol. The number of nitrogens with zero attached hydrogens (tertiary/aromatic N) is 4. The number of benzene rings is 3. The third-order valence-corrected chi connectivity index (χ3v) is 7.32. The number of carbonyl (C=O) groups is 2. The van der Waals surface area contributed by atoms with Crippen LogP contribution in [0.15, 0.2) is 89.6 Å². The van der Waals surface area contributed by atoms with Gasteiger partial charge in [-0.2, -0.15) is 5.10 Å². The van der Waals surface area contributed by atoms with Gasteiger partial charge in [-0.1, -0.05) is 30.3 Å². The Kier molecular flexibility index (Phi) is 5.79. The first kappa shape index (κ1) is 24.5. The summed E-state index contributed by atoms with van der Waals surface area (Å²) in [5.74, 6) is -0.395. The van der Waals surface area contributed by atoms with Crippen molar-refractivity contribution in [2.75, 3.05) is 4.90 Å². The lowest BCUT2D eigenvalue weighted by Gasteiger charge is -2.30. The lowest BCUT2D eigenvalue weighted by Crippen LogP contribution is -2.46. The molecule has 0 spiro atoms. The van der Waals surface area contributed by atoms with Crippen LogP contribution in [0.2, 0.25) is 0 Å². The molecule has 1 aliphatic heterocycles. The van der Waals surface area contributed by atoms with E-state index in [1.54, 1.807) is 34.8 Å². The summed E-state index contributed by atoms with van der Waals surface area (Å²) in [7, 11) is 0. The lowest BCUT2D eigenvalue weighted by atomic mass is 9.82. The molecule has 39 heavy (non-hydrogen) atoms. The van der Waals surface area contributed by atoms with Crippen LogP contribution in [0, 0.1) is 18.2 Å². The number of anilines is 1.